The number of nitrogens with zero attached hydrogens (tertiary/aromatic N) is 2. The summed E-state index contributed by atoms with van der Waals surface area (Å²) in [5, 5.41) is 13.2. The van der Waals surface area contributed by atoms with E-state index < -0.39 is 22.6 Å². The minimum atomic E-state index is -0.775. The first-order valence-electron chi connectivity index (χ1n) is 11.1. The van der Waals surface area contributed by atoms with Crippen molar-refractivity contribution in [2.75, 3.05) is 11.5 Å². The smallest absolute Gasteiger partial charge is 0.270 e. The molecule has 1 heterocycles. The van der Waals surface area contributed by atoms with E-state index in [1.807, 2.05) is 0 Å². The molecule has 0 saturated carbocycles. The van der Waals surface area contributed by atoms with Crippen molar-refractivity contribution in [3.05, 3.63) is 99.4 Å². The van der Waals surface area contributed by atoms with Gasteiger partial charge in [-0.25, -0.2) is 9.29 Å². The summed E-state index contributed by atoms with van der Waals surface area (Å²) >= 11 is 5.11. The molecule has 1 fully saturated rings. The first-order chi connectivity index (χ1) is 17.8. The third kappa shape index (κ3) is 5.62. The summed E-state index contributed by atoms with van der Waals surface area (Å²) in [5.74, 6) is -1.46. The molecule has 0 bridgehead atoms. The van der Waals surface area contributed by atoms with E-state index in [1.54, 1.807) is 43.3 Å². The molecule has 9 nitrogen and oxygen atoms in total. The highest BCUT2D eigenvalue weighted by Crippen LogP contribution is 2.31. The molecule has 11 heteroatoms. The molecule has 3 aromatic rings. The van der Waals surface area contributed by atoms with Crippen molar-refractivity contribution in [3.63, 3.8) is 0 Å². The van der Waals surface area contributed by atoms with E-state index in [2.05, 4.69) is 5.32 Å². The van der Waals surface area contributed by atoms with Crippen molar-refractivity contribution in [2.24, 2.45) is 0 Å². The second-order valence-electron chi connectivity index (χ2n) is 7.76. The van der Waals surface area contributed by atoms with Crippen LogP contribution in [0.4, 0.5) is 15.8 Å². The lowest BCUT2D eigenvalue weighted by molar-refractivity contribution is -0.384. The normalized spacial score (nSPS) is 14.5. The van der Waals surface area contributed by atoms with Crippen molar-refractivity contribution in [2.45, 2.75) is 13.5 Å². The molecule has 0 spiro atoms. The Bertz CT molecular complexity index is 1440. The molecule has 1 N–H and O–H groups in total. The van der Waals surface area contributed by atoms with Crippen LogP contribution in [0.15, 0.2) is 72.3 Å². The van der Waals surface area contributed by atoms with E-state index in [0.29, 0.717) is 29.2 Å². The van der Waals surface area contributed by atoms with Crippen LogP contribution >= 0.6 is 12.2 Å². The third-order valence-corrected chi connectivity index (χ3v) is 5.57. The number of rotatable bonds is 8. The summed E-state index contributed by atoms with van der Waals surface area (Å²) < 4.78 is 25.8. The minimum Gasteiger partial charge on any atom is -0.490 e. The second-order valence-corrected chi connectivity index (χ2v) is 8.15. The highest BCUT2D eigenvalue weighted by Gasteiger charge is 2.35. The van der Waals surface area contributed by atoms with Crippen LogP contribution in [0.3, 0.4) is 0 Å². The van der Waals surface area contributed by atoms with Gasteiger partial charge in [-0.3, -0.25) is 25.0 Å². The number of nitro benzene ring substituents is 1. The van der Waals surface area contributed by atoms with Gasteiger partial charge in [0.2, 0.25) is 0 Å². The molecule has 3 aromatic carbocycles. The molecule has 188 valence electrons. The maximum atomic E-state index is 14.4. The maximum absolute atomic E-state index is 14.4. The largest absolute Gasteiger partial charge is 0.490 e. The summed E-state index contributed by atoms with van der Waals surface area (Å²) in [5.41, 5.74) is 0.669. The number of nitrogens with one attached hydrogen (secondary N) is 1. The number of amides is 2. The zero-order valence-corrected chi connectivity index (χ0v) is 20.3. The highest BCUT2D eigenvalue weighted by molar-refractivity contribution is 7.80. The quantitative estimate of drug-likeness (QED) is 0.152. The Morgan fingerprint density at radius 1 is 1.05 bits per heavy atom. The van der Waals surface area contributed by atoms with Crippen molar-refractivity contribution in [1.29, 1.82) is 0 Å². The van der Waals surface area contributed by atoms with Gasteiger partial charge in [0.25, 0.3) is 17.5 Å². The SMILES string of the molecule is CCOc1cc(/C=C2\C(=O)NC(=S)N(c3ccccc3F)C2=O)ccc1OCc1cccc([N+](=O)[O-])c1. The van der Waals surface area contributed by atoms with Gasteiger partial charge < -0.3 is 9.47 Å². The van der Waals surface area contributed by atoms with Gasteiger partial charge in [0.15, 0.2) is 16.6 Å². The molecule has 1 aliphatic heterocycles. The van der Waals surface area contributed by atoms with E-state index in [9.17, 15) is 24.1 Å². The highest BCUT2D eigenvalue weighted by atomic mass is 32.1. The molecule has 0 unspecified atom stereocenters. The average Bonchev–Trinajstić information content (AvgIpc) is 2.87. The van der Waals surface area contributed by atoms with Gasteiger partial charge in [-0.05, 0) is 60.6 Å². The second kappa shape index (κ2) is 11.0. The van der Waals surface area contributed by atoms with E-state index >= 15 is 0 Å². The molecule has 1 saturated heterocycles. The van der Waals surface area contributed by atoms with Crippen LogP contribution < -0.4 is 19.7 Å². The Balaban J connectivity index is 1.61. The molecule has 2 amide bonds. The summed E-state index contributed by atoms with van der Waals surface area (Å²) in [4.78, 5) is 37.2. The number of anilines is 1. The van der Waals surface area contributed by atoms with Crippen molar-refractivity contribution < 1.29 is 28.4 Å². The minimum absolute atomic E-state index is 0.0487. The topological polar surface area (TPSA) is 111 Å². The molecule has 0 aromatic heterocycles. The number of hydrogen-bond acceptors (Lipinski definition) is 7. The van der Waals surface area contributed by atoms with Crippen molar-refractivity contribution >= 4 is 46.6 Å². The zero-order chi connectivity index (χ0) is 26.5. The van der Waals surface area contributed by atoms with E-state index in [0.717, 1.165) is 4.90 Å². The number of hydrogen-bond donors (Lipinski definition) is 1. The average molecular weight is 522 g/mol. The first-order valence-corrected chi connectivity index (χ1v) is 11.5. The monoisotopic (exact) mass is 521 g/mol. The van der Waals surface area contributed by atoms with Crippen molar-refractivity contribution in [1.82, 2.24) is 5.32 Å². The number of thiocarbonyl (C=S) groups is 1. The molecular weight excluding hydrogens is 501 g/mol. The van der Waals surface area contributed by atoms with Gasteiger partial charge in [0.05, 0.1) is 17.2 Å². The molecular formula is C26H20FN3O6S. The first kappa shape index (κ1) is 25.5. The lowest BCUT2D eigenvalue weighted by Crippen LogP contribution is -2.54. The van der Waals surface area contributed by atoms with Gasteiger partial charge in [-0.1, -0.05) is 30.3 Å². The Hall–Kier alpha value is -4.64. The van der Waals surface area contributed by atoms with Crippen LogP contribution in [0.25, 0.3) is 6.08 Å². The summed E-state index contributed by atoms with van der Waals surface area (Å²) in [6, 6.07) is 16.5. The Morgan fingerprint density at radius 2 is 1.84 bits per heavy atom. The Morgan fingerprint density at radius 3 is 2.57 bits per heavy atom. The number of nitro groups is 1. The van der Waals surface area contributed by atoms with E-state index in [4.69, 9.17) is 21.7 Å². The number of carbonyl (C=O) groups is 2. The standard InChI is InChI=1S/C26H20FN3O6S/c1-2-35-23-14-16(10-11-22(23)36-15-17-6-5-7-18(12-17)30(33)34)13-19-24(31)28-26(37)29(25(19)32)21-9-4-3-8-20(21)27/h3-14H,2,15H2,1H3,(H,28,31,37)/b19-13+. The predicted octanol–water partition coefficient (Wildman–Crippen LogP) is 4.54. The molecule has 37 heavy (non-hydrogen) atoms. The van der Waals surface area contributed by atoms with Gasteiger partial charge >= 0.3 is 0 Å². The Kier molecular flexibility index (Phi) is 7.54. The van der Waals surface area contributed by atoms with Gasteiger partial charge in [-0.2, -0.15) is 0 Å². The van der Waals surface area contributed by atoms with Gasteiger partial charge in [0, 0.05) is 12.1 Å². The van der Waals surface area contributed by atoms with Crippen LogP contribution in [-0.2, 0) is 16.2 Å². The van der Waals surface area contributed by atoms with Crippen molar-refractivity contribution in [3.8, 4) is 11.5 Å². The maximum Gasteiger partial charge on any atom is 0.270 e. The van der Waals surface area contributed by atoms with Crippen LogP contribution in [0.2, 0.25) is 0 Å². The number of carbonyl (C=O) groups excluding carboxylic acids is 2. The zero-order valence-electron chi connectivity index (χ0n) is 19.5. The van der Waals surface area contributed by atoms with E-state index in [1.165, 1.54) is 36.4 Å². The van der Waals surface area contributed by atoms with Crippen LogP contribution in [0, 0.1) is 15.9 Å². The fourth-order valence-electron chi connectivity index (χ4n) is 3.60. The number of benzene rings is 3. The Labute approximate surface area is 216 Å². The molecule has 4 rings (SSSR count). The molecule has 0 aliphatic carbocycles. The van der Waals surface area contributed by atoms with Gasteiger partial charge in [-0.15, -0.1) is 0 Å². The van der Waals surface area contributed by atoms with Crippen LogP contribution in [0.5, 0.6) is 11.5 Å². The van der Waals surface area contributed by atoms with Gasteiger partial charge in [0.1, 0.15) is 18.0 Å². The number of halogens is 1. The number of para-hydroxylation sites is 1. The molecule has 0 atom stereocenters. The summed E-state index contributed by atoms with van der Waals surface area (Å²) in [7, 11) is 0. The van der Waals surface area contributed by atoms with Crippen LogP contribution in [-0.4, -0.2) is 28.5 Å². The predicted molar refractivity (Wildman–Crippen MR) is 138 cm³/mol. The summed E-state index contributed by atoms with van der Waals surface area (Å²) in [6.07, 6.45) is 1.35. The molecule has 0 radical (unpaired) electrons. The molecule has 1 aliphatic rings. The van der Waals surface area contributed by atoms with E-state index in [-0.39, 0.29) is 28.7 Å². The fourth-order valence-corrected chi connectivity index (χ4v) is 3.87. The van der Waals surface area contributed by atoms with Crippen LogP contribution in [0.1, 0.15) is 18.1 Å². The summed E-state index contributed by atoms with van der Waals surface area (Å²) in [6.45, 7) is 2.14. The number of ether oxygens (including phenoxy) is 2. The number of non-ortho nitro benzene ring substituents is 1. The lowest BCUT2D eigenvalue weighted by Gasteiger charge is -2.29. The fraction of sp³-hybridized carbons (Fsp3) is 0.115. The third-order valence-electron chi connectivity index (χ3n) is 5.29. The lowest BCUT2D eigenvalue weighted by atomic mass is 10.1.